The number of furan rings is 1. The van der Waals surface area contributed by atoms with Gasteiger partial charge >= 0.3 is 0 Å². The van der Waals surface area contributed by atoms with Crippen molar-refractivity contribution in [3.05, 3.63) is 35.4 Å². The van der Waals surface area contributed by atoms with Crippen molar-refractivity contribution in [2.24, 2.45) is 10.7 Å². The third-order valence-electron chi connectivity index (χ3n) is 3.12. The first-order valence-electron chi connectivity index (χ1n) is 8.17. The molecule has 1 amide bonds. The Morgan fingerprint density at radius 2 is 2.31 bits per heavy atom. The number of nitrogens with zero attached hydrogens (tertiary/aromatic N) is 2. The van der Waals surface area contributed by atoms with E-state index in [1.54, 1.807) is 0 Å². The number of hydrogen-bond donors (Lipinski definition) is 3. The Bertz CT molecular complexity index is 766. The van der Waals surface area contributed by atoms with E-state index in [0.717, 1.165) is 0 Å². The summed E-state index contributed by atoms with van der Waals surface area (Å²) in [7, 11) is 0. The molecule has 2 rings (SSSR count). The van der Waals surface area contributed by atoms with Gasteiger partial charge < -0.3 is 25.5 Å². The van der Waals surface area contributed by atoms with Crippen molar-refractivity contribution in [1.82, 2.24) is 10.3 Å². The molecule has 0 aromatic carbocycles. The van der Waals surface area contributed by atoms with Crippen LogP contribution >= 0.6 is 11.3 Å². The summed E-state index contributed by atoms with van der Waals surface area (Å²) < 4.78 is 10.9. The molecule has 0 saturated carbocycles. The zero-order chi connectivity index (χ0) is 18.8. The predicted molar refractivity (Wildman–Crippen MR) is 103 cm³/mol. The van der Waals surface area contributed by atoms with Crippen molar-refractivity contribution in [2.75, 3.05) is 25.1 Å². The summed E-state index contributed by atoms with van der Waals surface area (Å²) in [6, 6.07) is 3.62. The SMILES string of the molecule is CCOCC=CCN=C(N)Nc1nc(-c2ccc(CNC(C)=O)o2)cs1. The number of aliphatic imine (C=N–C) groups is 1. The zero-order valence-corrected chi connectivity index (χ0v) is 15.6. The summed E-state index contributed by atoms with van der Waals surface area (Å²) in [6.45, 7) is 5.48. The smallest absolute Gasteiger partial charge is 0.217 e. The molecule has 8 nitrogen and oxygen atoms in total. The fraction of sp³-hybridized carbons (Fsp3) is 0.353. The molecule has 0 aliphatic carbocycles. The number of nitrogens with one attached hydrogen (secondary N) is 2. The molecule has 0 bridgehead atoms. The maximum absolute atomic E-state index is 10.9. The van der Waals surface area contributed by atoms with Gasteiger partial charge in [-0.05, 0) is 19.1 Å². The van der Waals surface area contributed by atoms with E-state index in [-0.39, 0.29) is 11.9 Å². The van der Waals surface area contributed by atoms with Gasteiger partial charge in [-0.2, -0.15) is 0 Å². The maximum Gasteiger partial charge on any atom is 0.217 e. The highest BCUT2D eigenvalue weighted by Gasteiger charge is 2.10. The number of ether oxygens (including phenoxy) is 1. The summed E-state index contributed by atoms with van der Waals surface area (Å²) in [5.41, 5.74) is 6.53. The van der Waals surface area contributed by atoms with Crippen molar-refractivity contribution >= 4 is 28.3 Å². The van der Waals surface area contributed by atoms with Crippen LogP contribution in [-0.4, -0.2) is 36.6 Å². The fourth-order valence-electron chi connectivity index (χ4n) is 1.90. The Morgan fingerprint density at radius 3 is 3.08 bits per heavy atom. The average Bonchev–Trinajstić information content (AvgIpc) is 3.25. The van der Waals surface area contributed by atoms with Gasteiger partial charge in [0.05, 0.1) is 19.7 Å². The number of anilines is 1. The van der Waals surface area contributed by atoms with Gasteiger partial charge in [0.2, 0.25) is 5.91 Å². The van der Waals surface area contributed by atoms with E-state index < -0.39 is 0 Å². The Labute approximate surface area is 156 Å². The van der Waals surface area contributed by atoms with Gasteiger partial charge in [0.15, 0.2) is 16.9 Å². The molecule has 0 unspecified atom stereocenters. The number of rotatable bonds is 9. The second-order valence-corrected chi connectivity index (χ2v) is 6.05. The molecule has 4 N–H and O–H groups in total. The monoisotopic (exact) mass is 377 g/mol. The molecule has 9 heteroatoms. The van der Waals surface area contributed by atoms with Crippen LogP contribution in [0.5, 0.6) is 0 Å². The normalized spacial score (nSPS) is 11.8. The van der Waals surface area contributed by atoms with Gasteiger partial charge in [-0.3, -0.25) is 4.79 Å². The molecule has 2 heterocycles. The molecule has 0 fully saturated rings. The molecule has 0 aliphatic heterocycles. The number of nitrogens with two attached hydrogens (primary N) is 1. The highest BCUT2D eigenvalue weighted by molar-refractivity contribution is 7.14. The van der Waals surface area contributed by atoms with E-state index in [9.17, 15) is 4.79 Å². The van der Waals surface area contributed by atoms with E-state index in [2.05, 4.69) is 20.6 Å². The molecule has 0 aliphatic rings. The predicted octanol–water partition coefficient (Wildman–Crippen LogP) is 2.36. The molecular formula is C17H23N5O3S. The average molecular weight is 377 g/mol. The molecule has 0 atom stereocenters. The summed E-state index contributed by atoms with van der Waals surface area (Å²) in [5, 5.41) is 8.12. The molecule has 0 saturated heterocycles. The second-order valence-electron chi connectivity index (χ2n) is 5.20. The topological polar surface area (TPSA) is 115 Å². The molecule has 2 aromatic heterocycles. The van der Waals surface area contributed by atoms with Crippen LogP contribution in [0.3, 0.4) is 0 Å². The van der Waals surface area contributed by atoms with Gasteiger partial charge in [-0.25, -0.2) is 9.98 Å². The Kier molecular flexibility index (Phi) is 7.84. The van der Waals surface area contributed by atoms with Crippen LogP contribution in [0.2, 0.25) is 0 Å². The lowest BCUT2D eigenvalue weighted by Gasteiger charge is -2.00. The third kappa shape index (κ3) is 6.69. The van der Waals surface area contributed by atoms with Crippen molar-refractivity contribution in [3.8, 4) is 11.5 Å². The second kappa shape index (κ2) is 10.4. The van der Waals surface area contributed by atoms with Gasteiger partial charge in [0.1, 0.15) is 11.5 Å². The minimum Gasteiger partial charge on any atom is -0.458 e. The Hall–Kier alpha value is -2.65. The number of amides is 1. The summed E-state index contributed by atoms with van der Waals surface area (Å²) in [4.78, 5) is 19.5. The van der Waals surface area contributed by atoms with Crippen LogP contribution in [0, 0.1) is 0 Å². The quantitative estimate of drug-likeness (QED) is 0.267. The number of carbonyl (C=O) groups excluding carboxylic acids is 1. The summed E-state index contributed by atoms with van der Waals surface area (Å²) in [6.07, 6.45) is 3.79. The van der Waals surface area contributed by atoms with E-state index in [1.807, 2.05) is 36.6 Å². The maximum atomic E-state index is 10.9. The highest BCUT2D eigenvalue weighted by atomic mass is 32.1. The number of carbonyl (C=O) groups is 1. The molecule has 140 valence electrons. The van der Waals surface area contributed by atoms with Crippen LogP contribution in [0.1, 0.15) is 19.6 Å². The first-order chi connectivity index (χ1) is 12.6. The first kappa shape index (κ1) is 19.7. The van der Waals surface area contributed by atoms with Gasteiger partial charge in [0, 0.05) is 18.9 Å². The van der Waals surface area contributed by atoms with Crippen LogP contribution in [-0.2, 0) is 16.1 Å². The Morgan fingerprint density at radius 1 is 1.46 bits per heavy atom. The minimum atomic E-state index is -0.106. The lowest BCUT2D eigenvalue weighted by Crippen LogP contribution is -2.22. The van der Waals surface area contributed by atoms with E-state index >= 15 is 0 Å². The minimum absolute atomic E-state index is 0.106. The number of thiazole rings is 1. The molecule has 0 spiro atoms. The van der Waals surface area contributed by atoms with E-state index in [0.29, 0.717) is 48.6 Å². The Balaban J connectivity index is 1.87. The summed E-state index contributed by atoms with van der Waals surface area (Å²) >= 11 is 1.40. The fourth-order valence-corrected chi connectivity index (χ4v) is 2.60. The standard InChI is InChI=1S/C17H23N5O3S/c1-3-24-9-5-4-8-19-16(18)22-17-21-14(11-26-17)15-7-6-13(25-15)10-20-12(2)23/h4-7,11H,3,8-10H2,1-2H3,(H,20,23)(H3,18,19,21,22). The lowest BCUT2D eigenvalue weighted by atomic mass is 10.3. The van der Waals surface area contributed by atoms with Gasteiger partial charge in [0.25, 0.3) is 0 Å². The number of aromatic nitrogens is 1. The van der Waals surface area contributed by atoms with Gasteiger partial charge in [-0.1, -0.05) is 12.2 Å². The van der Waals surface area contributed by atoms with Crippen molar-refractivity contribution in [2.45, 2.75) is 20.4 Å². The summed E-state index contributed by atoms with van der Waals surface area (Å²) in [5.74, 6) is 1.48. The van der Waals surface area contributed by atoms with E-state index in [4.69, 9.17) is 14.9 Å². The molecule has 0 radical (unpaired) electrons. The van der Waals surface area contributed by atoms with Crippen LogP contribution in [0.4, 0.5) is 5.13 Å². The van der Waals surface area contributed by atoms with Crippen LogP contribution in [0.15, 0.2) is 39.1 Å². The largest absolute Gasteiger partial charge is 0.458 e. The van der Waals surface area contributed by atoms with Crippen molar-refractivity contribution in [1.29, 1.82) is 0 Å². The molecule has 2 aromatic rings. The lowest BCUT2D eigenvalue weighted by molar-refractivity contribution is -0.119. The molecule has 26 heavy (non-hydrogen) atoms. The number of hydrogen-bond acceptors (Lipinski definition) is 6. The zero-order valence-electron chi connectivity index (χ0n) is 14.8. The number of guanidine groups is 1. The van der Waals surface area contributed by atoms with Gasteiger partial charge in [-0.15, -0.1) is 11.3 Å². The molecular weight excluding hydrogens is 354 g/mol. The first-order valence-corrected chi connectivity index (χ1v) is 9.05. The van der Waals surface area contributed by atoms with Crippen LogP contribution < -0.4 is 16.4 Å². The van der Waals surface area contributed by atoms with Crippen molar-refractivity contribution in [3.63, 3.8) is 0 Å². The highest BCUT2D eigenvalue weighted by Crippen LogP contribution is 2.26. The third-order valence-corrected chi connectivity index (χ3v) is 3.87. The van der Waals surface area contributed by atoms with Crippen LogP contribution in [0.25, 0.3) is 11.5 Å². The van der Waals surface area contributed by atoms with E-state index in [1.165, 1.54) is 18.3 Å². The van der Waals surface area contributed by atoms with Crippen molar-refractivity contribution < 1.29 is 13.9 Å².